The zero-order valence-corrected chi connectivity index (χ0v) is 16.9. The Hall–Kier alpha value is -1.21. The molecule has 0 N–H and O–H groups in total. The molecule has 0 saturated heterocycles. The van der Waals surface area contributed by atoms with Gasteiger partial charge in [-0.3, -0.25) is 0 Å². The Morgan fingerprint density at radius 1 is 0.893 bits per heavy atom. The molecule has 0 aromatic heterocycles. The molecule has 13 heteroatoms. The maximum Gasteiger partial charge on any atom is 0.461 e. The molecule has 0 unspecified atom stereocenters. The van der Waals surface area contributed by atoms with Crippen molar-refractivity contribution in [1.82, 2.24) is 0 Å². The van der Waals surface area contributed by atoms with Gasteiger partial charge >= 0.3 is 17.4 Å². The van der Waals surface area contributed by atoms with E-state index in [9.17, 15) is 43.5 Å². The molecule has 2 rings (SSSR count). The van der Waals surface area contributed by atoms with Gasteiger partial charge in [-0.2, -0.15) is 30.7 Å². The van der Waals surface area contributed by atoms with Gasteiger partial charge in [0.05, 0.1) is 4.90 Å². The number of halogens is 10. The molecular weight excluding hydrogens is 556 g/mol. The first kappa shape index (κ1) is 23.1. The summed E-state index contributed by atoms with van der Waals surface area (Å²) in [5, 5.41) is -6.53. The van der Waals surface area contributed by atoms with Crippen LogP contribution in [0, 0.1) is 11.9 Å². The van der Waals surface area contributed by atoms with Gasteiger partial charge in [0.25, 0.3) is 9.84 Å². The van der Waals surface area contributed by atoms with Gasteiger partial charge < -0.3 is 0 Å². The quantitative estimate of drug-likeness (QED) is 0.407. The van der Waals surface area contributed by atoms with Crippen LogP contribution in [0.5, 0.6) is 0 Å². The minimum absolute atomic E-state index is 0.248. The maximum absolute atomic E-state index is 14.0. The second-order valence-corrected chi connectivity index (χ2v) is 8.88. The lowest BCUT2D eigenvalue weighted by Crippen LogP contribution is -2.56. The van der Waals surface area contributed by atoms with E-state index in [0.29, 0.717) is 6.07 Å². The van der Waals surface area contributed by atoms with Gasteiger partial charge in [0, 0.05) is 20.6 Å². The normalized spacial score (nSPS) is 13.6. The van der Waals surface area contributed by atoms with E-state index < -0.39 is 43.5 Å². The molecule has 28 heavy (non-hydrogen) atoms. The van der Waals surface area contributed by atoms with Gasteiger partial charge in [-0.25, -0.2) is 12.8 Å². The topological polar surface area (TPSA) is 34.1 Å². The predicted octanol–water partition coefficient (Wildman–Crippen LogP) is 6.38. The molecule has 0 atom stereocenters. The fourth-order valence-electron chi connectivity index (χ4n) is 2.07. The minimum Gasteiger partial charge on any atom is -0.217 e. The number of hydrogen-bond donors (Lipinski definition) is 0. The first-order valence-electron chi connectivity index (χ1n) is 6.78. The van der Waals surface area contributed by atoms with E-state index in [1.165, 1.54) is 0 Å². The van der Waals surface area contributed by atoms with Crippen LogP contribution in [0.3, 0.4) is 0 Å². The lowest BCUT2D eigenvalue weighted by Gasteiger charge is -2.28. The molecule has 2 aromatic carbocycles. The third-order valence-corrected chi connectivity index (χ3v) is 6.29. The molecule has 0 spiro atoms. The van der Waals surface area contributed by atoms with E-state index in [2.05, 4.69) is 37.9 Å². The summed E-state index contributed by atoms with van der Waals surface area (Å²) in [4.78, 5) is -1.54. The van der Waals surface area contributed by atoms with Gasteiger partial charge in [0.15, 0.2) is 0 Å². The zero-order chi connectivity index (χ0) is 21.7. The van der Waals surface area contributed by atoms with E-state index in [0.717, 1.165) is 24.3 Å². The van der Waals surface area contributed by atoms with E-state index in [-0.39, 0.29) is 14.5 Å². The van der Waals surface area contributed by atoms with Crippen molar-refractivity contribution in [3.05, 3.63) is 51.2 Å². The summed E-state index contributed by atoms with van der Waals surface area (Å²) in [6, 6.07) is 6.28. The molecular formula is C15H5Br2F8O2S. The molecule has 153 valence electrons. The summed E-state index contributed by atoms with van der Waals surface area (Å²) < 4.78 is 129. The van der Waals surface area contributed by atoms with Gasteiger partial charge in [0.1, 0.15) is 5.82 Å². The molecule has 0 aliphatic carbocycles. The molecule has 2 aromatic rings. The van der Waals surface area contributed by atoms with Gasteiger partial charge in [-0.1, -0.05) is 28.1 Å². The van der Waals surface area contributed by atoms with E-state index in [1.807, 2.05) is 0 Å². The Kier molecular flexibility index (Phi) is 5.97. The van der Waals surface area contributed by atoms with Crippen LogP contribution in [-0.2, 0) is 9.84 Å². The second-order valence-electron chi connectivity index (χ2n) is 5.27. The lowest BCUT2D eigenvalue weighted by atomic mass is 10.1. The highest BCUT2D eigenvalue weighted by Gasteiger charge is 2.78. The SMILES string of the molecule is O=S(=O)(c1cc(Br)[c]c(Br)c1-c1ccc(F)cc1)C(F)(F)C(F)(F)C(F)(F)F. The predicted molar refractivity (Wildman–Crippen MR) is 89.2 cm³/mol. The third-order valence-electron chi connectivity index (χ3n) is 3.43. The van der Waals surface area contributed by atoms with Crippen molar-refractivity contribution in [2.45, 2.75) is 22.2 Å². The Morgan fingerprint density at radius 3 is 1.86 bits per heavy atom. The molecule has 0 aliphatic heterocycles. The number of rotatable bonds is 4. The molecule has 0 fully saturated rings. The minimum atomic E-state index is -6.88. The molecule has 0 heterocycles. The van der Waals surface area contributed by atoms with Crippen molar-refractivity contribution in [1.29, 1.82) is 0 Å². The summed E-state index contributed by atoms with van der Waals surface area (Å²) in [6.07, 6.45) is -6.84. The lowest BCUT2D eigenvalue weighted by molar-refractivity contribution is -0.332. The molecule has 0 saturated carbocycles. The second kappa shape index (κ2) is 7.24. The van der Waals surface area contributed by atoms with Crippen LogP contribution in [0.4, 0.5) is 35.1 Å². The molecule has 2 nitrogen and oxygen atoms in total. The number of sulfone groups is 1. The van der Waals surface area contributed by atoms with Crippen LogP contribution in [-0.4, -0.2) is 25.8 Å². The highest BCUT2D eigenvalue weighted by Crippen LogP contribution is 2.52. The van der Waals surface area contributed by atoms with Crippen LogP contribution >= 0.6 is 31.9 Å². The van der Waals surface area contributed by atoms with Crippen molar-refractivity contribution >= 4 is 41.7 Å². The van der Waals surface area contributed by atoms with Crippen LogP contribution in [0.1, 0.15) is 0 Å². The third kappa shape index (κ3) is 3.67. The summed E-state index contributed by atoms with van der Waals surface area (Å²) in [6.45, 7) is 0. The van der Waals surface area contributed by atoms with Gasteiger partial charge in [-0.05, 0) is 39.7 Å². The van der Waals surface area contributed by atoms with Crippen LogP contribution in [0.15, 0.2) is 44.2 Å². The van der Waals surface area contributed by atoms with Crippen molar-refractivity contribution in [3.63, 3.8) is 0 Å². The molecule has 0 aliphatic rings. The Bertz CT molecular complexity index is 1000. The van der Waals surface area contributed by atoms with E-state index in [1.54, 1.807) is 0 Å². The van der Waals surface area contributed by atoms with E-state index in [4.69, 9.17) is 0 Å². The molecule has 0 bridgehead atoms. The number of alkyl halides is 7. The average molecular weight is 561 g/mol. The highest BCUT2D eigenvalue weighted by atomic mass is 79.9. The van der Waals surface area contributed by atoms with Crippen LogP contribution < -0.4 is 0 Å². The van der Waals surface area contributed by atoms with Crippen molar-refractivity contribution < 1.29 is 43.5 Å². The van der Waals surface area contributed by atoms with E-state index >= 15 is 0 Å². The summed E-state index contributed by atoms with van der Waals surface area (Å²) >= 11 is 5.52. The smallest absolute Gasteiger partial charge is 0.217 e. The zero-order valence-electron chi connectivity index (χ0n) is 12.9. The summed E-state index contributed by atoms with van der Waals surface area (Å²) in [7, 11) is -6.59. The van der Waals surface area contributed by atoms with Crippen molar-refractivity contribution in [2.24, 2.45) is 0 Å². The fourth-order valence-corrected chi connectivity index (χ4v) is 5.19. The standard InChI is InChI=1S/C15H5Br2F8O2S/c16-8-5-10(17)12(7-1-3-9(18)4-2-7)11(6-8)28(26,27)15(24,25)13(19,20)14(21,22)23/h1-4,6H. The van der Waals surface area contributed by atoms with Crippen molar-refractivity contribution in [2.75, 3.05) is 0 Å². The van der Waals surface area contributed by atoms with Gasteiger partial charge in [-0.15, -0.1) is 0 Å². The Morgan fingerprint density at radius 2 is 1.39 bits per heavy atom. The maximum atomic E-state index is 14.0. The van der Waals surface area contributed by atoms with Crippen molar-refractivity contribution in [3.8, 4) is 11.1 Å². The summed E-state index contributed by atoms with van der Waals surface area (Å²) in [5.74, 6) is -7.67. The Balaban J connectivity index is 2.85. The first-order chi connectivity index (χ1) is 12.5. The fraction of sp³-hybridized carbons (Fsp3) is 0.200. The molecule has 1 radical (unpaired) electrons. The number of hydrogen-bond acceptors (Lipinski definition) is 2. The average Bonchev–Trinajstić information content (AvgIpc) is 2.54. The van der Waals surface area contributed by atoms with Crippen LogP contribution in [0.2, 0.25) is 0 Å². The highest BCUT2D eigenvalue weighted by molar-refractivity contribution is 9.11. The Labute approximate surface area is 169 Å². The van der Waals surface area contributed by atoms with Crippen LogP contribution in [0.25, 0.3) is 11.1 Å². The van der Waals surface area contributed by atoms with Gasteiger partial charge in [0.2, 0.25) is 0 Å². The largest absolute Gasteiger partial charge is 0.461 e. The first-order valence-corrected chi connectivity index (χ1v) is 9.85. The number of benzene rings is 2. The summed E-state index contributed by atoms with van der Waals surface area (Å²) in [5.41, 5.74) is -0.942. The monoisotopic (exact) mass is 559 g/mol. The molecule has 0 amide bonds.